The van der Waals surface area contributed by atoms with E-state index >= 15 is 4.39 Å². The summed E-state index contributed by atoms with van der Waals surface area (Å²) in [4.78, 5) is 22.1. The Kier molecular flexibility index (Phi) is 8.36. The Morgan fingerprint density at radius 2 is 2.02 bits per heavy atom. The molecule has 3 aromatic heterocycles. The minimum atomic E-state index is -0.476. The molecule has 5 aliphatic rings. The summed E-state index contributed by atoms with van der Waals surface area (Å²) in [6.45, 7) is 5.82. The van der Waals surface area contributed by atoms with E-state index in [1.54, 1.807) is 18.2 Å². The van der Waals surface area contributed by atoms with Crippen LogP contribution >= 0.6 is 34.7 Å². The van der Waals surface area contributed by atoms with Crippen molar-refractivity contribution >= 4 is 62.4 Å². The monoisotopic (exact) mass is 742 g/mol. The van der Waals surface area contributed by atoms with Crippen LogP contribution in [0.4, 0.5) is 4.39 Å². The molecule has 10 rings (SSSR count). The van der Waals surface area contributed by atoms with Crippen LogP contribution in [-0.4, -0.2) is 50.0 Å². The average molecular weight is 744 g/mol. The van der Waals surface area contributed by atoms with E-state index in [1.165, 1.54) is 11.5 Å². The quantitative estimate of drug-likeness (QED) is 0.163. The van der Waals surface area contributed by atoms with Crippen molar-refractivity contribution in [2.75, 3.05) is 13.1 Å². The molecule has 0 spiro atoms. The molecular formula is C39H37Cl2FN6O2S. The van der Waals surface area contributed by atoms with Gasteiger partial charge in [0.1, 0.15) is 5.52 Å². The largest absolute Gasteiger partial charge is 0.370 e. The third-order valence-corrected chi connectivity index (χ3v) is 12.9. The Bertz CT molecular complexity index is 2260. The predicted octanol–water partition coefficient (Wildman–Crippen LogP) is 8.63. The Morgan fingerprint density at radius 1 is 1.18 bits per heavy atom. The van der Waals surface area contributed by atoms with Crippen LogP contribution in [0.25, 0.3) is 32.9 Å². The minimum absolute atomic E-state index is 0.0598. The summed E-state index contributed by atoms with van der Waals surface area (Å²) in [6, 6.07) is 13.9. The molecule has 6 heterocycles. The number of carbonyl (C=O) groups excluding carboxylic acids is 1. The molecule has 5 aromatic rings. The van der Waals surface area contributed by atoms with Gasteiger partial charge in [-0.25, -0.2) is 9.37 Å². The number of benzene rings is 2. The molecular weight excluding hydrogens is 706 g/mol. The van der Waals surface area contributed by atoms with Crippen molar-refractivity contribution in [3.63, 3.8) is 0 Å². The first-order chi connectivity index (χ1) is 24.7. The molecule has 2 aromatic carbocycles. The van der Waals surface area contributed by atoms with E-state index in [1.807, 2.05) is 19.9 Å². The molecule has 3 saturated heterocycles. The first-order valence-electron chi connectivity index (χ1n) is 17.8. The lowest BCUT2D eigenvalue weighted by molar-refractivity contribution is -0.134. The molecule has 12 heteroatoms. The summed E-state index contributed by atoms with van der Waals surface area (Å²) < 4.78 is 30.6. The summed E-state index contributed by atoms with van der Waals surface area (Å²) in [5.41, 5.74) is 5.35. The number of pyridine rings is 1. The van der Waals surface area contributed by atoms with Gasteiger partial charge in [-0.3, -0.25) is 4.79 Å². The normalized spacial score (nSPS) is 24.1. The molecule has 1 N–H and O–H groups in total. The molecule has 1 amide bonds. The van der Waals surface area contributed by atoms with Crippen molar-refractivity contribution in [1.82, 2.24) is 24.1 Å². The van der Waals surface area contributed by atoms with Gasteiger partial charge in [0.2, 0.25) is 5.91 Å². The number of carbonyl (C=O) groups is 1. The molecule has 262 valence electrons. The number of ether oxygens (including phenoxy) is 1. The number of aryl methyl sites for hydroxylation is 3. The number of nitrogens with zero attached hydrogens (tertiary/aromatic N) is 5. The summed E-state index contributed by atoms with van der Waals surface area (Å²) in [5, 5.41) is 15.5. The molecule has 0 unspecified atom stereocenters. The number of nitrogens with one attached hydrogen (secondary N) is 1. The maximum Gasteiger partial charge on any atom is 0.226 e. The van der Waals surface area contributed by atoms with Crippen molar-refractivity contribution in [1.29, 1.82) is 5.26 Å². The van der Waals surface area contributed by atoms with Gasteiger partial charge in [0.05, 0.1) is 52.1 Å². The van der Waals surface area contributed by atoms with Gasteiger partial charge in [0.15, 0.2) is 5.82 Å². The van der Waals surface area contributed by atoms with Crippen LogP contribution < -0.4 is 5.32 Å². The van der Waals surface area contributed by atoms with Crippen LogP contribution in [0, 0.1) is 42.8 Å². The van der Waals surface area contributed by atoms with Crippen molar-refractivity contribution in [2.24, 2.45) is 11.8 Å². The topological polar surface area (TPSA) is 96.1 Å². The zero-order valence-electron chi connectivity index (χ0n) is 28.4. The highest BCUT2D eigenvalue weighted by molar-refractivity contribution is 7.05. The molecule has 5 fully saturated rings. The minimum Gasteiger partial charge on any atom is -0.370 e. The molecule has 8 nitrogen and oxygen atoms in total. The van der Waals surface area contributed by atoms with Crippen LogP contribution in [0.1, 0.15) is 71.7 Å². The maximum absolute atomic E-state index is 17.2. The second-order valence-corrected chi connectivity index (χ2v) is 16.5. The van der Waals surface area contributed by atoms with E-state index in [9.17, 15) is 10.1 Å². The van der Waals surface area contributed by atoms with Crippen LogP contribution in [0.5, 0.6) is 0 Å². The molecule has 2 bridgehead atoms. The first kappa shape index (κ1) is 33.3. The lowest BCUT2D eigenvalue weighted by atomic mass is 9.79. The van der Waals surface area contributed by atoms with Crippen molar-refractivity contribution in [2.45, 2.75) is 83.2 Å². The van der Waals surface area contributed by atoms with Crippen LogP contribution in [0.2, 0.25) is 10.0 Å². The van der Waals surface area contributed by atoms with Crippen molar-refractivity contribution in [3.8, 4) is 17.2 Å². The van der Waals surface area contributed by atoms with Crippen LogP contribution in [-0.2, 0) is 22.6 Å². The van der Waals surface area contributed by atoms with E-state index in [-0.39, 0.29) is 53.0 Å². The molecule has 5 atom stereocenters. The van der Waals surface area contributed by atoms with Gasteiger partial charge in [-0.1, -0.05) is 35.3 Å². The molecule has 2 aliphatic carbocycles. The lowest BCUT2D eigenvalue weighted by Gasteiger charge is -2.39. The van der Waals surface area contributed by atoms with Crippen LogP contribution in [0.15, 0.2) is 36.4 Å². The summed E-state index contributed by atoms with van der Waals surface area (Å²) in [6.07, 6.45) is 3.99. The lowest BCUT2D eigenvalue weighted by Crippen LogP contribution is -2.41. The van der Waals surface area contributed by atoms with E-state index in [2.05, 4.69) is 37.4 Å². The fourth-order valence-electron chi connectivity index (χ4n) is 8.79. The zero-order chi connectivity index (χ0) is 35.1. The summed E-state index contributed by atoms with van der Waals surface area (Å²) >= 11 is 14.6. The average Bonchev–Trinajstić information content (AvgIpc) is 3.55. The standard InChI is InChI=1S/C39H37Cl2FN6O2S/c1-19-11-24(46-51-19)18-50-25-14-31(47(17-25)39(49)21-8-9-21)32-15-27-20(2)45-36-28(38(27)48(32)37-23-13-30(37)44-16-23)12-22(5-4-10-43)33(35(36)42)26-6-3-7-29(40)34(26)41/h3,6-7,11-12,15,21,23,25,30-31,37,44H,4-5,8-9,13-14,16-18H2,1-2H3/t23-,25+,30-,31-,37+/m1/s1. The Morgan fingerprint density at radius 3 is 2.73 bits per heavy atom. The van der Waals surface area contributed by atoms with Crippen molar-refractivity contribution < 1.29 is 13.9 Å². The highest BCUT2D eigenvalue weighted by Gasteiger charge is 2.51. The molecule has 51 heavy (non-hydrogen) atoms. The predicted molar refractivity (Wildman–Crippen MR) is 197 cm³/mol. The van der Waals surface area contributed by atoms with E-state index in [0.29, 0.717) is 64.7 Å². The Labute approximate surface area is 309 Å². The third kappa shape index (κ3) is 5.55. The Hall–Kier alpha value is -3.59. The Balaban J connectivity index is 1.23. The number of halogens is 3. The highest BCUT2D eigenvalue weighted by Crippen LogP contribution is 2.51. The number of rotatable bonds is 9. The SMILES string of the molecule is Cc1cc(CO[C@H]2C[C@H](c3cc4c(C)nc5c(F)c(-c6cccc(Cl)c6Cl)c(CCC#N)cc5c4n3[C@H]3[C@H]4CN[C@@H]3C4)N(C(=O)C3CC3)C2)ns1. The molecule has 3 aliphatic heterocycles. The number of hydrogen-bond acceptors (Lipinski definition) is 7. The number of likely N-dealkylation sites (tertiary alicyclic amines) is 1. The van der Waals surface area contributed by atoms with Crippen molar-refractivity contribution in [3.05, 3.63) is 79.8 Å². The second-order valence-electron chi connectivity index (χ2n) is 14.7. The van der Waals surface area contributed by atoms with Gasteiger partial charge in [-0.15, -0.1) is 0 Å². The van der Waals surface area contributed by atoms with Gasteiger partial charge >= 0.3 is 0 Å². The van der Waals surface area contributed by atoms with E-state index in [0.717, 1.165) is 53.0 Å². The zero-order valence-corrected chi connectivity index (χ0v) is 30.7. The third-order valence-electron chi connectivity index (χ3n) is 11.4. The van der Waals surface area contributed by atoms with Gasteiger partial charge in [0, 0.05) is 76.1 Å². The number of amides is 1. The summed E-state index contributed by atoms with van der Waals surface area (Å²) in [5.74, 6) is 0.198. The van der Waals surface area contributed by atoms with Gasteiger partial charge in [0.25, 0.3) is 0 Å². The first-order valence-corrected chi connectivity index (χ1v) is 19.3. The number of fused-ring (bicyclic) bond motifs is 4. The van der Waals surface area contributed by atoms with Gasteiger partial charge < -0.3 is 19.5 Å². The van der Waals surface area contributed by atoms with Gasteiger partial charge in [-0.2, -0.15) is 9.64 Å². The van der Waals surface area contributed by atoms with E-state index < -0.39 is 5.82 Å². The highest BCUT2D eigenvalue weighted by atomic mass is 35.5. The number of aromatic nitrogens is 3. The summed E-state index contributed by atoms with van der Waals surface area (Å²) in [7, 11) is 0. The number of nitriles is 1. The maximum atomic E-state index is 17.2. The molecule has 2 saturated carbocycles. The van der Waals surface area contributed by atoms with Gasteiger partial charge in [-0.05, 0) is 86.8 Å². The fourth-order valence-corrected chi connectivity index (χ4v) is 9.75. The van der Waals surface area contributed by atoms with E-state index in [4.69, 9.17) is 32.9 Å². The fraction of sp³-hybridized carbons (Fsp3) is 0.436. The smallest absolute Gasteiger partial charge is 0.226 e. The molecule has 0 radical (unpaired) electrons. The number of hydrogen-bond donors (Lipinski definition) is 1. The van der Waals surface area contributed by atoms with Crippen LogP contribution in [0.3, 0.4) is 0 Å². The second kappa shape index (κ2) is 12.8.